The number of nitrogens with zero attached hydrogens (tertiary/aromatic N) is 1. The molecule has 154 valence electrons. The molecule has 0 fully saturated rings. The highest BCUT2D eigenvalue weighted by Crippen LogP contribution is 2.24. The molecule has 3 aromatic rings. The fourth-order valence-corrected chi connectivity index (χ4v) is 3.48. The van der Waals surface area contributed by atoms with Crippen LogP contribution in [-0.2, 0) is 13.2 Å². The van der Waals surface area contributed by atoms with E-state index in [0.29, 0.717) is 23.1 Å². The standard InChI is InChI=1S/C23H22ClN3O2S/c1-16(12-22(25)27-23(28)21-8-5-11-30-21)26-14-18-13-19(24)9-10-20(18)29-15-17-6-3-2-4-7-17/h2-13,26H,14-15H2,1H3,(H2,25,27,28)/b16-12-. The van der Waals surface area contributed by atoms with Crippen LogP contribution in [0.25, 0.3) is 0 Å². The normalized spacial score (nSPS) is 11.9. The van der Waals surface area contributed by atoms with Gasteiger partial charge in [-0.2, -0.15) is 4.99 Å². The van der Waals surface area contributed by atoms with Crippen LogP contribution in [0.5, 0.6) is 5.75 Å². The highest BCUT2D eigenvalue weighted by Gasteiger charge is 2.07. The first kappa shape index (κ1) is 21.6. The Morgan fingerprint density at radius 2 is 2.00 bits per heavy atom. The molecule has 0 atom stereocenters. The number of nitrogens with two attached hydrogens (primary N) is 1. The van der Waals surface area contributed by atoms with E-state index in [1.807, 2.05) is 54.8 Å². The number of rotatable bonds is 8. The summed E-state index contributed by atoms with van der Waals surface area (Å²) in [4.78, 5) is 16.5. The van der Waals surface area contributed by atoms with Crippen molar-refractivity contribution in [2.45, 2.75) is 20.1 Å². The van der Waals surface area contributed by atoms with E-state index in [1.165, 1.54) is 11.3 Å². The predicted molar refractivity (Wildman–Crippen MR) is 123 cm³/mol. The number of hydrogen-bond acceptors (Lipinski definition) is 4. The molecule has 0 aliphatic rings. The highest BCUT2D eigenvalue weighted by molar-refractivity contribution is 7.12. The van der Waals surface area contributed by atoms with E-state index in [9.17, 15) is 4.79 Å². The number of amidine groups is 1. The molecule has 3 rings (SSSR count). The molecule has 2 aromatic carbocycles. The molecule has 0 unspecified atom stereocenters. The predicted octanol–water partition coefficient (Wildman–Crippen LogP) is 5.17. The maximum atomic E-state index is 12.0. The summed E-state index contributed by atoms with van der Waals surface area (Å²) in [6, 6.07) is 19.0. The van der Waals surface area contributed by atoms with Gasteiger partial charge in [0.2, 0.25) is 0 Å². The topological polar surface area (TPSA) is 76.7 Å². The van der Waals surface area contributed by atoms with E-state index >= 15 is 0 Å². The van der Waals surface area contributed by atoms with Gasteiger partial charge in [0.25, 0.3) is 5.91 Å². The molecule has 0 aliphatic carbocycles. The number of nitrogens with one attached hydrogen (secondary N) is 1. The zero-order valence-corrected chi connectivity index (χ0v) is 18.0. The van der Waals surface area contributed by atoms with Crippen molar-refractivity contribution in [3.8, 4) is 5.75 Å². The number of amides is 1. The first-order chi connectivity index (χ1) is 14.5. The third kappa shape index (κ3) is 6.47. The molecule has 0 saturated heterocycles. The van der Waals surface area contributed by atoms with Crippen LogP contribution in [0.4, 0.5) is 0 Å². The third-order valence-electron chi connectivity index (χ3n) is 4.14. The minimum absolute atomic E-state index is 0.144. The summed E-state index contributed by atoms with van der Waals surface area (Å²) < 4.78 is 5.98. The maximum Gasteiger partial charge on any atom is 0.288 e. The summed E-state index contributed by atoms with van der Waals surface area (Å²) in [5, 5.41) is 5.71. The molecule has 0 spiro atoms. The van der Waals surface area contributed by atoms with Crippen LogP contribution < -0.4 is 15.8 Å². The van der Waals surface area contributed by atoms with Gasteiger partial charge in [-0.3, -0.25) is 4.79 Å². The largest absolute Gasteiger partial charge is 0.489 e. The van der Waals surface area contributed by atoms with Crippen molar-refractivity contribution in [3.63, 3.8) is 0 Å². The molecule has 0 bridgehead atoms. The molecular weight excluding hydrogens is 418 g/mol. The van der Waals surface area contributed by atoms with Crippen LogP contribution in [0.15, 0.2) is 82.8 Å². The lowest BCUT2D eigenvalue weighted by Crippen LogP contribution is -2.17. The van der Waals surface area contributed by atoms with Gasteiger partial charge in [0, 0.05) is 22.8 Å². The molecule has 5 nitrogen and oxygen atoms in total. The molecule has 0 saturated carbocycles. The first-order valence-electron chi connectivity index (χ1n) is 9.30. The monoisotopic (exact) mass is 439 g/mol. The Kier molecular flexibility index (Phi) is 7.65. The van der Waals surface area contributed by atoms with Gasteiger partial charge in [-0.05, 0) is 48.2 Å². The number of carbonyl (C=O) groups excluding carboxylic acids is 1. The highest BCUT2D eigenvalue weighted by atomic mass is 35.5. The lowest BCUT2D eigenvalue weighted by molar-refractivity contribution is 0.101. The van der Waals surface area contributed by atoms with E-state index in [4.69, 9.17) is 22.1 Å². The quantitative estimate of drug-likeness (QED) is 0.375. The smallest absolute Gasteiger partial charge is 0.288 e. The fraction of sp³-hybridized carbons (Fsp3) is 0.130. The van der Waals surface area contributed by atoms with Crippen molar-refractivity contribution in [1.82, 2.24) is 5.32 Å². The van der Waals surface area contributed by atoms with E-state index in [1.54, 1.807) is 24.3 Å². The Morgan fingerprint density at radius 3 is 2.73 bits per heavy atom. The van der Waals surface area contributed by atoms with Gasteiger partial charge in [0.1, 0.15) is 18.2 Å². The Hall–Kier alpha value is -3.09. The van der Waals surface area contributed by atoms with Crippen molar-refractivity contribution in [2.24, 2.45) is 10.7 Å². The van der Waals surface area contributed by atoms with Crippen molar-refractivity contribution < 1.29 is 9.53 Å². The summed E-state index contributed by atoms with van der Waals surface area (Å²) >= 11 is 7.50. The van der Waals surface area contributed by atoms with Crippen LogP contribution in [0, 0.1) is 0 Å². The summed E-state index contributed by atoms with van der Waals surface area (Å²) in [5.74, 6) is 0.543. The van der Waals surface area contributed by atoms with Crippen LogP contribution >= 0.6 is 22.9 Å². The Labute approximate surface area is 184 Å². The molecule has 1 amide bonds. The minimum atomic E-state index is -0.349. The number of aliphatic imine (C=N–C) groups is 1. The van der Waals surface area contributed by atoms with Gasteiger partial charge >= 0.3 is 0 Å². The summed E-state index contributed by atoms with van der Waals surface area (Å²) in [5.41, 5.74) is 8.65. The molecule has 7 heteroatoms. The average molecular weight is 440 g/mol. The average Bonchev–Trinajstić information content (AvgIpc) is 3.27. The van der Waals surface area contributed by atoms with Crippen LogP contribution in [0.1, 0.15) is 27.7 Å². The van der Waals surface area contributed by atoms with Gasteiger partial charge < -0.3 is 15.8 Å². The van der Waals surface area contributed by atoms with Gasteiger partial charge in [-0.1, -0.05) is 48.0 Å². The summed E-state index contributed by atoms with van der Waals surface area (Å²) in [6.45, 7) is 2.81. The van der Waals surface area contributed by atoms with Crippen molar-refractivity contribution in [1.29, 1.82) is 0 Å². The van der Waals surface area contributed by atoms with Crippen LogP contribution in [0.2, 0.25) is 5.02 Å². The second-order valence-electron chi connectivity index (χ2n) is 6.53. The summed E-state index contributed by atoms with van der Waals surface area (Å²) in [7, 11) is 0. The minimum Gasteiger partial charge on any atom is -0.489 e. The third-order valence-corrected chi connectivity index (χ3v) is 5.24. The Balaban J connectivity index is 1.63. The molecule has 0 aliphatic heterocycles. The van der Waals surface area contributed by atoms with Gasteiger partial charge in [0.15, 0.2) is 0 Å². The van der Waals surface area contributed by atoms with E-state index in [2.05, 4.69) is 10.3 Å². The maximum absolute atomic E-state index is 12.0. The van der Waals surface area contributed by atoms with Crippen molar-refractivity contribution in [2.75, 3.05) is 0 Å². The number of ether oxygens (including phenoxy) is 1. The number of thiophene rings is 1. The van der Waals surface area contributed by atoms with Crippen molar-refractivity contribution in [3.05, 3.63) is 98.8 Å². The van der Waals surface area contributed by atoms with Gasteiger partial charge in [0.05, 0.1) is 4.88 Å². The lowest BCUT2D eigenvalue weighted by atomic mass is 10.2. The molecule has 3 N–H and O–H groups in total. The number of halogens is 1. The number of carbonyl (C=O) groups is 1. The number of benzene rings is 2. The van der Waals surface area contributed by atoms with E-state index in [0.717, 1.165) is 22.6 Å². The zero-order valence-electron chi connectivity index (χ0n) is 16.5. The molecule has 0 radical (unpaired) electrons. The first-order valence-corrected chi connectivity index (χ1v) is 10.6. The number of hydrogen-bond donors (Lipinski definition) is 2. The lowest BCUT2D eigenvalue weighted by Gasteiger charge is -2.14. The Morgan fingerprint density at radius 1 is 1.20 bits per heavy atom. The van der Waals surface area contributed by atoms with Gasteiger partial charge in [-0.25, -0.2) is 0 Å². The van der Waals surface area contributed by atoms with E-state index in [-0.39, 0.29) is 11.7 Å². The zero-order chi connectivity index (χ0) is 21.3. The van der Waals surface area contributed by atoms with Crippen LogP contribution in [-0.4, -0.2) is 11.7 Å². The SMILES string of the molecule is C/C(=C/C(N)=NC(=O)c1cccs1)NCc1cc(Cl)ccc1OCc1ccccc1. The Bertz CT molecular complexity index is 1050. The van der Waals surface area contributed by atoms with Crippen molar-refractivity contribution >= 4 is 34.7 Å². The molecule has 1 aromatic heterocycles. The molecule has 1 heterocycles. The fourth-order valence-electron chi connectivity index (χ4n) is 2.67. The molecule has 30 heavy (non-hydrogen) atoms. The van der Waals surface area contributed by atoms with E-state index < -0.39 is 0 Å². The second-order valence-corrected chi connectivity index (χ2v) is 7.91. The van der Waals surface area contributed by atoms with Crippen LogP contribution in [0.3, 0.4) is 0 Å². The summed E-state index contributed by atoms with van der Waals surface area (Å²) in [6.07, 6.45) is 1.63. The van der Waals surface area contributed by atoms with Gasteiger partial charge in [-0.15, -0.1) is 11.3 Å². The molecular formula is C23H22ClN3O2S. The second kappa shape index (κ2) is 10.6. The number of allylic oxidation sites excluding steroid dienone is 1.